The lowest BCUT2D eigenvalue weighted by Crippen LogP contribution is -2.35. The number of carbonyl (C=O) groups is 1. The Bertz CT molecular complexity index is 515. The van der Waals surface area contributed by atoms with Crippen LogP contribution in [0.4, 0.5) is 0 Å². The fourth-order valence-corrected chi connectivity index (χ4v) is 3.35. The average molecular weight is 352 g/mol. The molecule has 0 bridgehead atoms. The van der Waals surface area contributed by atoms with Gasteiger partial charge in [-0.15, -0.1) is 12.4 Å². The maximum absolute atomic E-state index is 12.1. The van der Waals surface area contributed by atoms with E-state index in [9.17, 15) is 4.79 Å². The molecule has 4 nitrogen and oxygen atoms in total. The lowest BCUT2D eigenvalue weighted by atomic mass is 10.0. The summed E-state index contributed by atoms with van der Waals surface area (Å²) in [6, 6.07) is 4.98. The molecule has 1 aromatic carbocycles. The molecule has 2 saturated heterocycles. The maximum atomic E-state index is 12.1. The van der Waals surface area contributed by atoms with Gasteiger partial charge in [-0.25, -0.2) is 0 Å². The summed E-state index contributed by atoms with van der Waals surface area (Å²) in [5.74, 6) is 1.70. The number of rotatable bonds is 3. The van der Waals surface area contributed by atoms with Gasteiger partial charge < -0.3 is 15.0 Å². The van der Waals surface area contributed by atoms with Crippen LogP contribution in [0.1, 0.15) is 0 Å². The van der Waals surface area contributed by atoms with Crippen LogP contribution in [0.3, 0.4) is 0 Å². The van der Waals surface area contributed by atoms with Crippen molar-refractivity contribution < 1.29 is 9.53 Å². The minimum Gasteiger partial charge on any atom is -0.482 e. The first-order valence-electron chi connectivity index (χ1n) is 6.70. The Kier molecular flexibility index (Phi) is 5.60. The minimum atomic E-state index is 0. The summed E-state index contributed by atoms with van der Waals surface area (Å²) in [7, 11) is 0. The van der Waals surface area contributed by atoms with Crippen LogP contribution in [0.15, 0.2) is 18.2 Å². The van der Waals surface area contributed by atoms with E-state index in [1.165, 1.54) is 0 Å². The standard InChI is InChI=1S/C14H16Cl2N2O2.ClH/c15-11-1-2-13(12(16)3-11)20-8-14(19)18-6-9-4-17-5-10(9)7-18;/h1-3,9-10,17H,4-8H2;1H/t9-,10+;. The third-order valence-electron chi connectivity index (χ3n) is 3.99. The van der Waals surface area contributed by atoms with Crippen LogP contribution in [0.25, 0.3) is 0 Å². The summed E-state index contributed by atoms with van der Waals surface area (Å²) in [5, 5.41) is 4.33. The van der Waals surface area contributed by atoms with Crippen LogP contribution in [0.5, 0.6) is 5.75 Å². The average Bonchev–Trinajstić information content (AvgIpc) is 2.98. The van der Waals surface area contributed by atoms with Gasteiger partial charge in [0.1, 0.15) is 5.75 Å². The van der Waals surface area contributed by atoms with Crippen LogP contribution in [0, 0.1) is 11.8 Å². The second-order valence-corrected chi connectivity index (χ2v) is 6.18. The van der Waals surface area contributed by atoms with Crippen molar-refractivity contribution in [2.24, 2.45) is 11.8 Å². The van der Waals surface area contributed by atoms with Crippen molar-refractivity contribution in [2.45, 2.75) is 0 Å². The molecule has 2 aliphatic heterocycles. The van der Waals surface area contributed by atoms with Crippen molar-refractivity contribution in [3.05, 3.63) is 28.2 Å². The number of fused-ring (bicyclic) bond motifs is 1. The SMILES string of the molecule is Cl.O=C(COc1ccc(Cl)cc1Cl)N1C[C@H]2CNC[C@H]2C1. The molecule has 2 heterocycles. The lowest BCUT2D eigenvalue weighted by molar-refractivity contribution is -0.132. The molecule has 21 heavy (non-hydrogen) atoms. The Morgan fingerprint density at radius 3 is 2.57 bits per heavy atom. The molecular weight excluding hydrogens is 335 g/mol. The van der Waals surface area contributed by atoms with Gasteiger partial charge in [0.15, 0.2) is 6.61 Å². The number of nitrogens with one attached hydrogen (secondary N) is 1. The third-order valence-corrected chi connectivity index (χ3v) is 4.52. The molecule has 0 aromatic heterocycles. The summed E-state index contributed by atoms with van der Waals surface area (Å²) in [5.41, 5.74) is 0. The van der Waals surface area contributed by atoms with Crippen molar-refractivity contribution in [3.63, 3.8) is 0 Å². The van der Waals surface area contributed by atoms with Gasteiger partial charge in [-0.3, -0.25) is 4.79 Å². The molecule has 1 amide bonds. The molecule has 116 valence electrons. The second-order valence-electron chi connectivity index (χ2n) is 5.34. The fraction of sp³-hybridized carbons (Fsp3) is 0.500. The van der Waals surface area contributed by atoms with E-state index >= 15 is 0 Å². The summed E-state index contributed by atoms with van der Waals surface area (Å²) in [6.45, 7) is 3.70. The van der Waals surface area contributed by atoms with Gasteiger partial charge in [0, 0.05) is 31.2 Å². The Hall–Kier alpha value is -0.680. The van der Waals surface area contributed by atoms with E-state index in [0.29, 0.717) is 27.6 Å². The van der Waals surface area contributed by atoms with Crippen molar-refractivity contribution in [2.75, 3.05) is 32.8 Å². The quantitative estimate of drug-likeness (QED) is 0.909. The number of likely N-dealkylation sites (tertiary alicyclic amines) is 1. The monoisotopic (exact) mass is 350 g/mol. The van der Waals surface area contributed by atoms with Gasteiger partial charge in [-0.05, 0) is 30.0 Å². The van der Waals surface area contributed by atoms with E-state index in [0.717, 1.165) is 26.2 Å². The van der Waals surface area contributed by atoms with Gasteiger partial charge in [0.25, 0.3) is 5.91 Å². The molecule has 2 fully saturated rings. The smallest absolute Gasteiger partial charge is 0.260 e. The van der Waals surface area contributed by atoms with Crippen molar-refractivity contribution in [3.8, 4) is 5.75 Å². The zero-order chi connectivity index (χ0) is 14.1. The molecule has 2 aliphatic rings. The fourth-order valence-electron chi connectivity index (χ4n) is 2.88. The van der Waals surface area contributed by atoms with Gasteiger partial charge in [0.2, 0.25) is 0 Å². The number of amides is 1. The summed E-state index contributed by atoms with van der Waals surface area (Å²) >= 11 is 11.8. The van der Waals surface area contributed by atoms with Crippen LogP contribution in [-0.2, 0) is 4.79 Å². The molecule has 0 unspecified atom stereocenters. The molecule has 0 radical (unpaired) electrons. The number of hydrogen-bond donors (Lipinski definition) is 1. The first-order chi connectivity index (χ1) is 9.63. The zero-order valence-electron chi connectivity index (χ0n) is 11.4. The van der Waals surface area contributed by atoms with Crippen LogP contribution < -0.4 is 10.1 Å². The van der Waals surface area contributed by atoms with Gasteiger partial charge >= 0.3 is 0 Å². The van der Waals surface area contributed by atoms with Gasteiger partial charge in [-0.2, -0.15) is 0 Å². The molecule has 3 rings (SSSR count). The highest BCUT2D eigenvalue weighted by atomic mass is 35.5. The molecule has 7 heteroatoms. The summed E-state index contributed by atoms with van der Waals surface area (Å²) in [4.78, 5) is 14.0. The van der Waals surface area contributed by atoms with E-state index in [4.69, 9.17) is 27.9 Å². The topological polar surface area (TPSA) is 41.6 Å². The van der Waals surface area contributed by atoms with Crippen LogP contribution in [0.2, 0.25) is 10.0 Å². The lowest BCUT2D eigenvalue weighted by Gasteiger charge is -2.18. The first kappa shape index (κ1) is 16.7. The van der Waals surface area contributed by atoms with Gasteiger partial charge in [-0.1, -0.05) is 23.2 Å². The number of nitrogens with zero attached hydrogens (tertiary/aromatic N) is 1. The highest BCUT2D eigenvalue weighted by molar-refractivity contribution is 6.35. The molecule has 0 spiro atoms. The van der Waals surface area contributed by atoms with E-state index in [2.05, 4.69) is 5.32 Å². The Morgan fingerprint density at radius 2 is 1.95 bits per heavy atom. The Labute approximate surface area is 140 Å². The minimum absolute atomic E-state index is 0. The van der Waals surface area contributed by atoms with E-state index in [1.807, 2.05) is 4.90 Å². The molecule has 2 atom stereocenters. The highest BCUT2D eigenvalue weighted by Crippen LogP contribution is 2.28. The van der Waals surface area contributed by atoms with Gasteiger partial charge in [0.05, 0.1) is 5.02 Å². The third kappa shape index (κ3) is 3.75. The molecule has 1 aromatic rings. The molecular formula is C14H17Cl3N2O2. The van der Waals surface area contributed by atoms with Crippen LogP contribution in [-0.4, -0.2) is 43.6 Å². The first-order valence-corrected chi connectivity index (χ1v) is 7.45. The second kappa shape index (κ2) is 7.05. The van der Waals surface area contributed by atoms with Crippen molar-refractivity contribution in [1.29, 1.82) is 0 Å². The van der Waals surface area contributed by atoms with Crippen molar-refractivity contribution >= 4 is 41.5 Å². The summed E-state index contributed by atoms with van der Waals surface area (Å²) in [6.07, 6.45) is 0. The molecule has 1 N–H and O–H groups in total. The Morgan fingerprint density at radius 1 is 1.29 bits per heavy atom. The van der Waals surface area contributed by atoms with E-state index in [1.54, 1.807) is 18.2 Å². The maximum Gasteiger partial charge on any atom is 0.260 e. The van der Waals surface area contributed by atoms with Crippen molar-refractivity contribution in [1.82, 2.24) is 10.2 Å². The summed E-state index contributed by atoms with van der Waals surface area (Å²) < 4.78 is 5.49. The number of carbonyl (C=O) groups excluding carboxylic acids is 1. The largest absolute Gasteiger partial charge is 0.482 e. The molecule has 0 aliphatic carbocycles. The predicted octanol–water partition coefficient (Wildman–Crippen LogP) is 2.47. The zero-order valence-corrected chi connectivity index (χ0v) is 13.7. The number of hydrogen-bond acceptors (Lipinski definition) is 3. The molecule has 0 saturated carbocycles. The number of ether oxygens (including phenoxy) is 1. The number of halogens is 3. The Balaban J connectivity index is 0.00000161. The highest BCUT2D eigenvalue weighted by Gasteiger charge is 2.37. The van der Waals surface area contributed by atoms with Crippen LogP contribution >= 0.6 is 35.6 Å². The van der Waals surface area contributed by atoms with E-state index < -0.39 is 0 Å². The number of benzene rings is 1. The van der Waals surface area contributed by atoms with E-state index in [-0.39, 0.29) is 24.9 Å². The predicted molar refractivity (Wildman–Crippen MR) is 85.6 cm³/mol. The normalized spacial score (nSPS) is 23.6.